The quantitative estimate of drug-likeness (QED) is 0.544. The normalized spacial score (nSPS) is 40.7. The van der Waals surface area contributed by atoms with Gasteiger partial charge in [0, 0.05) is 12.6 Å². The first-order valence-electron chi connectivity index (χ1n) is 3.51. The van der Waals surface area contributed by atoms with Gasteiger partial charge in [-0.25, -0.2) is 4.39 Å². The summed E-state index contributed by atoms with van der Waals surface area (Å²) in [6, 6.07) is 1.97. The Kier molecular flexibility index (Phi) is 2.23. The number of nitrogens with zero attached hydrogens (tertiary/aromatic N) is 1. The highest BCUT2D eigenvalue weighted by atomic mass is 19.1. The number of hydrogen-bond acceptors (Lipinski definition) is 2. The summed E-state index contributed by atoms with van der Waals surface area (Å²) in [4.78, 5) is 0. The number of piperidine rings is 1. The van der Waals surface area contributed by atoms with Crippen LogP contribution in [-0.2, 0) is 0 Å². The number of alkyl halides is 1. The summed E-state index contributed by atoms with van der Waals surface area (Å²) in [5.74, 6) is -0.133. The zero-order chi connectivity index (χ0) is 7.56. The summed E-state index contributed by atoms with van der Waals surface area (Å²) >= 11 is 0. The van der Waals surface area contributed by atoms with E-state index in [1.165, 1.54) is 0 Å². The van der Waals surface area contributed by atoms with Crippen molar-refractivity contribution in [1.82, 2.24) is 5.32 Å². The molecule has 56 valence electrons. The summed E-state index contributed by atoms with van der Waals surface area (Å²) < 4.78 is 12.8. The van der Waals surface area contributed by atoms with Crippen molar-refractivity contribution < 1.29 is 4.39 Å². The number of nitriles is 1. The van der Waals surface area contributed by atoms with Crippen LogP contribution in [0, 0.1) is 17.2 Å². The molecule has 0 bridgehead atoms. The van der Waals surface area contributed by atoms with E-state index in [2.05, 4.69) is 11.4 Å². The third-order valence-electron chi connectivity index (χ3n) is 1.92. The van der Waals surface area contributed by atoms with E-state index >= 15 is 0 Å². The molecule has 0 spiro atoms. The van der Waals surface area contributed by atoms with Gasteiger partial charge >= 0.3 is 0 Å². The lowest BCUT2D eigenvalue weighted by molar-refractivity contribution is 0.188. The molecule has 1 aliphatic rings. The van der Waals surface area contributed by atoms with Crippen LogP contribution in [0.4, 0.5) is 4.39 Å². The summed E-state index contributed by atoms with van der Waals surface area (Å²) in [6.45, 7) is 2.44. The van der Waals surface area contributed by atoms with Crippen LogP contribution in [0.25, 0.3) is 0 Å². The van der Waals surface area contributed by atoms with Crippen molar-refractivity contribution in [2.45, 2.75) is 25.6 Å². The molecule has 0 aromatic rings. The third-order valence-corrected chi connectivity index (χ3v) is 1.92. The lowest BCUT2D eigenvalue weighted by Crippen LogP contribution is -2.44. The van der Waals surface area contributed by atoms with E-state index in [1.54, 1.807) is 6.92 Å². The maximum Gasteiger partial charge on any atom is 0.116 e. The van der Waals surface area contributed by atoms with Gasteiger partial charge in [-0.15, -0.1) is 0 Å². The molecule has 1 N–H and O–H groups in total. The molecule has 0 amide bonds. The highest BCUT2D eigenvalue weighted by molar-refractivity contribution is 4.93. The van der Waals surface area contributed by atoms with Crippen molar-refractivity contribution >= 4 is 0 Å². The van der Waals surface area contributed by atoms with Crippen LogP contribution in [-0.4, -0.2) is 18.8 Å². The molecule has 3 unspecified atom stereocenters. The Hall–Kier alpha value is -0.620. The molecule has 0 aliphatic carbocycles. The van der Waals surface area contributed by atoms with Crippen molar-refractivity contribution in [2.75, 3.05) is 6.54 Å². The average Bonchev–Trinajstić information content (AvgIpc) is 1.95. The first-order valence-corrected chi connectivity index (χ1v) is 3.51. The van der Waals surface area contributed by atoms with E-state index in [1.807, 2.05) is 0 Å². The summed E-state index contributed by atoms with van der Waals surface area (Å²) in [7, 11) is 0. The van der Waals surface area contributed by atoms with Crippen LogP contribution in [0.5, 0.6) is 0 Å². The second-order valence-corrected chi connectivity index (χ2v) is 2.77. The van der Waals surface area contributed by atoms with E-state index in [4.69, 9.17) is 5.26 Å². The number of halogens is 1. The predicted octanol–water partition coefficient (Wildman–Crippen LogP) is 0.846. The van der Waals surface area contributed by atoms with Crippen LogP contribution < -0.4 is 5.32 Å². The largest absolute Gasteiger partial charge is 0.310 e. The Morgan fingerprint density at radius 3 is 2.90 bits per heavy atom. The molecule has 1 rings (SSSR count). The van der Waals surface area contributed by atoms with Gasteiger partial charge in [0.15, 0.2) is 0 Å². The molecule has 2 nitrogen and oxygen atoms in total. The first kappa shape index (κ1) is 7.49. The van der Waals surface area contributed by atoms with Gasteiger partial charge in [-0.3, -0.25) is 0 Å². The van der Waals surface area contributed by atoms with Crippen molar-refractivity contribution in [1.29, 1.82) is 5.26 Å². The second-order valence-electron chi connectivity index (χ2n) is 2.77. The highest BCUT2D eigenvalue weighted by Crippen LogP contribution is 2.16. The Labute approximate surface area is 60.0 Å². The van der Waals surface area contributed by atoms with E-state index in [0.717, 1.165) is 0 Å². The fourth-order valence-electron chi connectivity index (χ4n) is 1.11. The fraction of sp³-hybridized carbons (Fsp3) is 0.857. The third kappa shape index (κ3) is 1.45. The Morgan fingerprint density at radius 1 is 1.70 bits per heavy atom. The van der Waals surface area contributed by atoms with Gasteiger partial charge in [-0.05, 0) is 13.3 Å². The minimum atomic E-state index is -0.849. The monoisotopic (exact) mass is 142 g/mol. The second kappa shape index (κ2) is 2.98. The molecule has 0 aromatic carbocycles. The Bertz CT molecular complexity index is 152. The molecule has 3 heteroatoms. The van der Waals surface area contributed by atoms with Gasteiger partial charge in [-0.1, -0.05) is 0 Å². The molecular weight excluding hydrogens is 131 g/mol. The summed E-state index contributed by atoms with van der Waals surface area (Å²) in [5.41, 5.74) is 0. The molecule has 1 saturated heterocycles. The van der Waals surface area contributed by atoms with Gasteiger partial charge < -0.3 is 5.32 Å². The fourth-order valence-corrected chi connectivity index (χ4v) is 1.11. The molecule has 1 heterocycles. The lowest BCUT2D eigenvalue weighted by Gasteiger charge is -2.26. The zero-order valence-corrected chi connectivity index (χ0v) is 5.97. The van der Waals surface area contributed by atoms with Crippen LogP contribution in [0.2, 0.25) is 0 Å². The molecular formula is C7H11FN2. The van der Waals surface area contributed by atoms with Crippen LogP contribution in [0.15, 0.2) is 0 Å². The molecule has 0 radical (unpaired) electrons. The van der Waals surface area contributed by atoms with Crippen LogP contribution in [0.3, 0.4) is 0 Å². The average molecular weight is 142 g/mol. The summed E-state index contributed by atoms with van der Waals surface area (Å²) in [6.07, 6.45) is -0.455. The van der Waals surface area contributed by atoms with E-state index < -0.39 is 6.17 Å². The van der Waals surface area contributed by atoms with Crippen LogP contribution >= 0.6 is 0 Å². The van der Waals surface area contributed by atoms with Gasteiger partial charge in [-0.2, -0.15) is 5.26 Å². The topological polar surface area (TPSA) is 35.8 Å². The number of nitrogens with one attached hydrogen (secondary N) is 1. The molecule has 10 heavy (non-hydrogen) atoms. The van der Waals surface area contributed by atoms with E-state index in [-0.39, 0.29) is 12.0 Å². The van der Waals surface area contributed by atoms with Crippen molar-refractivity contribution in [2.24, 2.45) is 5.92 Å². The van der Waals surface area contributed by atoms with Gasteiger partial charge in [0.2, 0.25) is 0 Å². The summed E-state index contributed by atoms with van der Waals surface area (Å²) in [5, 5.41) is 11.4. The standard InChI is InChI=1S/C7H11FN2/c1-5-7(8)2-6(3-9)4-10-5/h5-7,10H,2,4H2,1H3. The SMILES string of the molecule is CC1NCC(C#N)CC1F. The predicted molar refractivity (Wildman–Crippen MR) is 36.1 cm³/mol. The number of rotatable bonds is 0. The van der Waals surface area contributed by atoms with Crippen molar-refractivity contribution in [3.8, 4) is 6.07 Å². The van der Waals surface area contributed by atoms with E-state index in [0.29, 0.717) is 13.0 Å². The van der Waals surface area contributed by atoms with Crippen LogP contribution in [0.1, 0.15) is 13.3 Å². The molecule has 1 fully saturated rings. The molecule has 3 atom stereocenters. The Morgan fingerprint density at radius 2 is 2.40 bits per heavy atom. The number of hydrogen-bond donors (Lipinski definition) is 1. The maximum atomic E-state index is 12.8. The van der Waals surface area contributed by atoms with Crippen molar-refractivity contribution in [3.05, 3.63) is 0 Å². The minimum absolute atomic E-state index is 0.0791. The maximum absolute atomic E-state index is 12.8. The van der Waals surface area contributed by atoms with Crippen molar-refractivity contribution in [3.63, 3.8) is 0 Å². The van der Waals surface area contributed by atoms with Gasteiger partial charge in [0.25, 0.3) is 0 Å². The highest BCUT2D eigenvalue weighted by Gasteiger charge is 2.26. The Balaban J connectivity index is 2.42. The molecule has 1 aliphatic heterocycles. The molecule has 0 saturated carbocycles. The van der Waals surface area contributed by atoms with E-state index in [9.17, 15) is 4.39 Å². The first-order chi connectivity index (χ1) is 4.74. The lowest BCUT2D eigenvalue weighted by atomic mass is 9.95. The molecule has 0 aromatic heterocycles. The zero-order valence-electron chi connectivity index (χ0n) is 5.97. The minimum Gasteiger partial charge on any atom is -0.310 e. The van der Waals surface area contributed by atoms with Gasteiger partial charge in [0.05, 0.1) is 12.0 Å². The van der Waals surface area contributed by atoms with Gasteiger partial charge in [0.1, 0.15) is 6.17 Å². The smallest absolute Gasteiger partial charge is 0.116 e.